The molecule has 0 fully saturated rings. The van der Waals surface area contributed by atoms with Crippen LogP contribution >= 0.6 is 11.8 Å². The Kier molecular flexibility index (Phi) is 5.30. The van der Waals surface area contributed by atoms with Gasteiger partial charge in [-0.15, -0.1) is 0 Å². The van der Waals surface area contributed by atoms with Gasteiger partial charge in [-0.05, 0) is 18.6 Å². The average Bonchev–Trinajstić information content (AvgIpc) is 1.87. The molecule has 0 aromatic heterocycles. The maximum absolute atomic E-state index is 8.67. The van der Waals surface area contributed by atoms with Crippen LogP contribution in [-0.2, 0) is 0 Å². The van der Waals surface area contributed by atoms with E-state index in [0.717, 1.165) is 6.42 Å². The molecule has 0 saturated heterocycles. The highest BCUT2D eigenvalue weighted by molar-refractivity contribution is 7.99. The Morgan fingerprint density at radius 1 is 1.44 bits per heavy atom. The van der Waals surface area contributed by atoms with E-state index >= 15 is 0 Å². The first-order valence-electron chi connectivity index (χ1n) is 3.34. The lowest BCUT2D eigenvalue weighted by molar-refractivity contribution is 0.231. The summed E-state index contributed by atoms with van der Waals surface area (Å²) >= 11 is 1.86. The molecule has 0 amide bonds. The van der Waals surface area contributed by atoms with Crippen LogP contribution in [0.1, 0.15) is 20.3 Å². The van der Waals surface area contributed by atoms with Crippen molar-refractivity contribution in [1.29, 1.82) is 0 Å². The molecule has 1 nitrogen and oxygen atoms in total. The van der Waals surface area contributed by atoms with Crippen molar-refractivity contribution in [3.63, 3.8) is 0 Å². The molecule has 9 heavy (non-hydrogen) atoms. The van der Waals surface area contributed by atoms with E-state index < -0.39 is 0 Å². The molecule has 2 atom stereocenters. The highest BCUT2D eigenvalue weighted by atomic mass is 32.2. The Morgan fingerprint density at radius 3 is 2.33 bits per heavy atom. The van der Waals surface area contributed by atoms with Gasteiger partial charge in [0.1, 0.15) is 0 Å². The number of aliphatic hydroxyl groups is 1. The molecular weight excluding hydrogens is 132 g/mol. The van der Waals surface area contributed by atoms with Crippen molar-refractivity contribution in [3.8, 4) is 0 Å². The predicted octanol–water partition coefficient (Wildman–Crippen LogP) is 1.76. The lowest BCUT2D eigenvalue weighted by atomic mass is 10.1. The maximum Gasteiger partial charge on any atom is 0.0457 e. The molecule has 0 aliphatic heterocycles. The fourth-order valence-corrected chi connectivity index (χ4v) is 1.26. The van der Waals surface area contributed by atoms with Gasteiger partial charge in [-0.25, -0.2) is 0 Å². The Balaban J connectivity index is 3.22. The highest BCUT2D eigenvalue weighted by Crippen LogP contribution is 2.14. The molecule has 0 spiro atoms. The Labute approximate surface area is 61.8 Å². The van der Waals surface area contributed by atoms with Crippen molar-refractivity contribution >= 4 is 11.8 Å². The van der Waals surface area contributed by atoms with Crippen molar-refractivity contribution in [2.24, 2.45) is 5.92 Å². The second-order valence-corrected chi connectivity index (χ2v) is 3.85. The van der Waals surface area contributed by atoms with Gasteiger partial charge in [0, 0.05) is 11.9 Å². The average molecular weight is 148 g/mol. The first-order valence-corrected chi connectivity index (χ1v) is 4.63. The topological polar surface area (TPSA) is 20.2 Å². The first-order chi connectivity index (χ1) is 4.20. The van der Waals surface area contributed by atoms with Crippen LogP contribution in [0.4, 0.5) is 0 Å². The van der Waals surface area contributed by atoms with Gasteiger partial charge in [0.15, 0.2) is 0 Å². The van der Waals surface area contributed by atoms with Crippen LogP contribution in [0.15, 0.2) is 0 Å². The monoisotopic (exact) mass is 148 g/mol. The molecule has 0 aromatic rings. The van der Waals surface area contributed by atoms with Crippen molar-refractivity contribution < 1.29 is 5.11 Å². The van der Waals surface area contributed by atoms with E-state index in [1.807, 2.05) is 11.8 Å². The Hall–Kier alpha value is 0.310. The molecule has 0 aliphatic rings. The van der Waals surface area contributed by atoms with E-state index in [-0.39, 0.29) is 0 Å². The molecule has 1 unspecified atom stereocenters. The van der Waals surface area contributed by atoms with Crippen LogP contribution in [0, 0.1) is 5.92 Å². The van der Waals surface area contributed by atoms with Gasteiger partial charge in [-0.1, -0.05) is 13.8 Å². The van der Waals surface area contributed by atoms with Crippen LogP contribution in [0.2, 0.25) is 0 Å². The summed E-state index contributed by atoms with van der Waals surface area (Å²) in [4.78, 5) is 0. The van der Waals surface area contributed by atoms with E-state index in [1.165, 1.54) is 0 Å². The third kappa shape index (κ3) is 4.79. The molecule has 0 rings (SSSR count). The summed E-state index contributed by atoms with van der Waals surface area (Å²) in [5.74, 6) is 0.465. The summed E-state index contributed by atoms with van der Waals surface area (Å²) in [5, 5.41) is 9.36. The standard InChI is InChI=1S/C7H16OS/c1-6(5-8)4-7(2)9-3/h6-8H,4-5H2,1-3H3/t6-,7?/m1/s1. The van der Waals surface area contributed by atoms with Gasteiger partial charge >= 0.3 is 0 Å². The van der Waals surface area contributed by atoms with Crippen molar-refractivity contribution in [2.45, 2.75) is 25.5 Å². The zero-order valence-corrected chi connectivity index (χ0v) is 7.24. The molecule has 0 aromatic carbocycles. The maximum atomic E-state index is 8.67. The fourth-order valence-electron chi connectivity index (χ4n) is 0.737. The van der Waals surface area contributed by atoms with Crippen molar-refractivity contribution in [2.75, 3.05) is 12.9 Å². The summed E-state index contributed by atoms with van der Waals surface area (Å²) in [5.41, 5.74) is 0. The minimum Gasteiger partial charge on any atom is -0.396 e. The third-order valence-electron chi connectivity index (χ3n) is 1.45. The number of aliphatic hydroxyl groups excluding tert-OH is 1. The Morgan fingerprint density at radius 2 is 2.00 bits per heavy atom. The number of thioether (sulfide) groups is 1. The quantitative estimate of drug-likeness (QED) is 0.655. The van der Waals surface area contributed by atoms with Gasteiger partial charge in [-0.3, -0.25) is 0 Å². The summed E-state index contributed by atoms with van der Waals surface area (Å²) in [6, 6.07) is 0. The molecule has 0 aliphatic carbocycles. The molecule has 0 radical (unpaired) electrons. The van der Waals surface area contributed by atoms with E-state index in [1.54, 1.807) is 0 Å². The van der Waals surface area contributed by atoms with E-state index in [0.29, 0.717) is 17.8 Å². The molecule has 0 heterocycles. The number of rotatable bonds is 4. The second-order valence-electron chi connectivity index (χ2n) is 2.57. The normalized spacial score (nSPS) is 17.3. The summed E-state index contributed by atoms with van der Waals surface area (Å²) in [6.45, 7) is 4.59. The van der Waals surface area contributed by atoms with Crippen LogP contribution < -0.4 is 0 Å². The zero-order valence-electron chi connectivity index (χ0n) is 6.42. The van der Waals surface area contributed by atoms with Crippen LogP contribution in [0.25, 0.3) is 0 Å². The van der Waals surface area contributed by atoms with E-state index in [9.17, 15) is 0 Å². The summed E-state index contributed by atoms with van der Waals surface area (Å²) < 4.78 is 0. The predicted molar refractivity (Wildman–Crippen MR) is 43.8 cm³/mol. The van der Waals surface area contributed by atoms with E-state index in [2.05, 4.69) is 20.1 Å². The van der Waals surface area contributed by atoms with E-state index in [4.69, 9.17) is 5.11 Å². The van der Waals surface area contributed by atoms with Gasteiger partial charge in [0.25, 0.3) is 0 Å². The van der Waals surface area contributed by atoms with Crippen LogP contribution in [0.3, 0.4) is 0 Å². The Bertz CT molecular complexity index is 57.9. The minimum absolute atomic E-state index is 0.324. The van der Waals surface area contributed by atoms with Crippen LogP contribution in [-0.4, -0.2) is 23.2 Å². The smallest absolute Gasteiger partial charge is 0.0457 e. The molecular formula is C7H16OS. The molecule has 2 heteroatoms. The zero-order chi connectivity index (χ0) is 7.28. The fraction of sp³-hybridized carbons (Fsp3) is 1.00. The SMILES string of the molecule is CSC(C)C[C@@H](C)CO. The van der Waals surface area contributed by atoms with Gasteiger partial charge in [0.05, 0.1) is 0 Å². The third-order valence-corrected chi connectivity index (χ3v) is 2.45. The minimum atomic E-state index is 0.324. The van der Waals surface area contributed by atoms with Gasteiger partial charge in [-0.2, -0.15) is 11.8 Å². The highest BCUT2D eigenvalue weighted by Gasteiger charge is 2.04. The number of hydrogen-bond acceptors (Lipinski definition) is 2. The van der Waals surface area contributed by atoms with Crippen molar-refractivity contribution in [1.82, 2.24) is 0 Å². The molecule has 1 N–H and O–H groups in total. The van der Waals surface area contributed by atoms with Gasteiger partial charge < -0.3 is 5.11 Å². The molecule has 0 saturated carbocycles. The second kappa shape index (κ2) is 5.12. The summed E-state index contributed by atoms with van der Waals surface area (Å²) in [6.07, 6.45) is 3.23. The van der Waals surface area contributed by atoms with Gasteiger partial charge in [0.2, 0.25) is 0 Å². The van der Waals surface area contributed by atoms with Crippen molar-refractivity contribution in [3.05, 3.63) is 0 Å². The molecule has 56 valence electrons. The largest absolute Gasteiger partial charge is 0.396 e. The lowest BCUT2D eigenvalue weighted by Crippen LogP contribution is -2.07. The van der Waals surface area contributed by atoms with Crippen LogP contribution in [0.5, 0.6) is 0 Å². The molecule has 0 bridgehead atoms. The first kappa shape index (κ1) is 9.31. The lowest BCUT2D eigenvalue weighted by Gasteiger charge is -2.11. The summed E-state index contributed by atoms with van der Waals surface area (Å²) in [7, 11) is 0. The number of hydrogen-bond donors (Lipinski definition) is 1.